The lowest BCUT2D eigenvalue weighted by Gasteiger charge is -2.00. The lowest BCUT2D eigenvalue weighted by atomic mass is 10.3. The zero-order valence-electron chi connectivity index (χ0n) is 8.75. The van der Waals surface area contributed by atoms with Gasteiger partial charge >= 0.3 is 10.2 Å². The number of hydrogen-bond acceptors (Lipinski definition) is 5. The summed E-state index contributed by atoms with van der Waals surface area (Å²) in [4.78, 5) is 10.5. The van der Waals surface area contributed by atoms with E-state index in [9.17, 15) is 12.3 Å². The van der Waals surface area contributed by atoms with Crippen LogP contribution in [0.15, 0.2) is 29.6 Å². The fourth-order valence-electron chi connectivity index (χ4n) is 1.60. The molecule has 0 atom stereocenters. The van der Waals surface area contributed by atoms with E-state index in [1.54, 1.807) is 6.07 Å². The zero-order chi connectivity index (χ0) is 12.8. The molecule has 2 N–H and O–H groups in total. The van der Waals surface area contributed by atoms with Crippen LogP contribution in [0, 0.1) is 0 Å². The molecule has 3 aromatic rings. The standard InChI is InChI=1S/C9H6FN5O2S/c10-18(16,17)9-5-1-3-11-7(5)13-8(14-9)6-2-4-12-15-6/h1-4H,(H,12,15)(H,11,13,14). The van der Waals surface area contributed by atoms with Crippen LogP contribution in [0.2, 0.25) is 0 Å². The Morgan fingerprint density at radius 1 is 1.22 bits per heavy atom. The molecular weight excluding hydrogens is 261 g/mol. The van der Waals surface area contributed by atoms with Gasteiger partial charge < -0.3 is 4.98 Å². The molecule has 18 heavy (non-hydrogen) atoms. The fourth-order valence-corrected chi connectivity index (χ4v) is 2.22. The number of H-pyrrole nitrogens is 2. The van der Waals surface area contributed by atoms with Crippen molar-refractivity contribution in [2.24, 2.45) is 0 Å². The Bertz CT molecular complexity index is 809. The summed E-state index contributed by atoms with van der Waals surface area (Å²) in [6.07, 6.45) is 2.92. The van der Waals surface area contributed by atoms with Gasteiger partial charge in [0.05, 0.1) is 5.39 Å². The van der Waals surface area contributed by atoms with Crippen molar-refractivity contribution >= 4 is 21.3 Å². The van der Waals surface area contributed by atoms with Crippen molar-refractivity contribution < 1.29 is 12.3 Å². The molecule has 0 aliphatic heterocycles. The Morgan fingerprint density at radius 2 is 2.06 bits per heavy atom. The Kier molecular flexibility index (Phi) is 2.17. The largest absolute Gasteiger partial charge is 0.350 e. The molecule has 0 aliphatic carbocycles. The molecular formula is C9H6FN5O2S. The van der Waals surface area contributed by atoms with Crippen LogP contribution in [0.4, 0.5) is 3.89 Å². The highest BCUT2D eigenvalue weighted by Gasteiger charge is 2.21. The van der Waals surface area contributed by atoms with Crippen molar-refractivity contribution in [3.8, 4) is 11.5 Å². The molecule has 0 spiro atoms. The second-order valence-electron chi connectivity index (χ2n) is 3.50. The van der Waals surface area contributed by atoms with Gasteiger partial charge in [0.1, 0.15) is 11.3 Å². The number of aromatic amines is 2. The average Bonchev–Trinajstić information content (AvgIpc) is 2.97. The number of aromatic nitrogens is 5. The summed E-state index contributed by atoms with van der Waals surface area (Å²) in [7, 11) is -4.92. The molecule has 0 saturated heterocycles. The number of nitrogens with zero attached hydrogens (tertiary/aromatic N) is 3. The molecule has 7 nitrogen and oxygen atoms in total. The minimum atomic E-state index is -4.92. The van der Waals surface area contributed by atoms with Crippen LogP contribution in [-0.2, 0) is 10.2 Å². The highest BCUT2D eigenvalue weighted by molar-refractivity contribution is 7.86. The van der Waals surface area contributed by atoms with E-state index in [-0.39, 0.29) is 16.9 Å². The molecule has 0 aromatic carbocycles. The van der Waals surface area contributed by atoms with Gasteiger partial charge in [-0.3, -0.25) is 5.10 Å². The molecule has 0 bridgehead atoms. The summed E-state index contributed by atoms with van der Waals surface area (Å²) >= 11 is 0. The first-order chi connectivity index (χ1) is 8.55. The highest BCUT2D eigenvalue weighted by atomic mass is 32.3. The van der Waals surface area contributed by atoms with Crippen LogP contribution < -0.4 is 0 Å². The third-order valence-corrected chi connectivity index (χ3v) is 3.13. The van der Waals surface area contributed by atoms with Crippen molar-refractivity contribution in [2.75, 3.05) is 0 Å². The summed E-state index contributed by atoms with van der Waals surface area (Å²) in [6.45, 7) is 0. The lowest BCUT2D eigenvalue weighted by Crippen LogP contribution is -2.01. The van der Waals surface area contributed by atoms with Gasteiger partial charge in [-0.1, -0.05) is 3.89 Å². The average molecular weight is 267 g/mol. The summed E-state index contributed by atoms with van der Waals surface area (Å²) in [6, 6.07) is 2.96. The van der Waals surface area contributed by atoms with Gasteiger partial charge in [0.2, 0.25) is 0 Å². The quantitative estimate of drug-likeness (QED) is 0.532. The predicted octanol–water partition coefficient (Wildman–Crippen LogP) is 1.01. The van der Waals surface area contributed by atoms with Crippen molar-refractivity contribution in [1.29, 1.82) is 0 Å². The Balaban J connectivity index is 2.37. The van der Waals surface area contributed by atoms with E-state index in [4.69, 9.17) is 0 Å². The van der Waals surface area contributed by atoms with Crippen molar-refractivity contribution in [2.45, 2.75) is 5.03 Å². The molecule has 0 amide bonds. The molecule has 92 valence electrons. The van der Waals surface area contributed by atoms with E-state index < -0.39 is 15.2 Å². The van der Waals surface area contributed by atoms with Gasteiger partial charge in [0.25, 0.3) is 0 Å². The lowest BCUT2D eigenvalue weighted by molar-refractivity contribution is 0.549. The third kappa shape index (κ3) is 1.64. The minimum absolute atomic E-state index is 0.0543. The molecule has 9 heteroatoms. The maximum Gasteiger partial charge on any atom is 0.350 e. The second kappa shape index (κ2) is 3.60. The smallest absolute Gasteiger partial charge is 0.346 e. The van der Waals surface area contributed by atoms with Gasteiger partial charge in [0.15, 0.2) is 10.9 Å². The van der Waals surface area contributed by atoms with Gasteiger partial charge in [-0.05, 0) is 12.1 Å². The number of rotatable bonds is 2. The van der Waals surface area contributed by atoms with E-state index in [1.807, 2.05) is 0 Å². The third-order valence-electron chi connectivity index (χ3n) is 2.35. The molecule has 0 aliphatic rings. The first-order valence-electron chi connectivity index (χ1n) is 4.85. The SMILES string of the molecule is O=S(=O)(F)c1nc(-c2ccn[nH]2)nc2[nH]ccc12. The van der Waals surface area contributed by atoms with E-state index in [0.29, 0.717) is 5.69 Å². The predicted molar refractivity (Wildman–Crippen MR) is 59.8 cm³/mol. The van der Waals surface area contributed by atoms with Crippen molar-refractivity contribution in [3.05, 3.63) is 24.5 Å². The van der Waals surface area contributed by atoms with Crippen molar-refractivity contribution in [3.63, 3.8) is 0 Å². The van der Waals surface area contributed by atoms with Gasteiger partial charge in [-0.25, -0.2) is 9.97 Å². The number of fused-ring (bicyclic) bond motifs is 1. The number of halogens is 1. The molecule has 3 rings (SSSR count). The normalized spacial score (nSPS) is 12.1. The maximum atomic E-state index is 13.2. The van der Waals surface area contributed by atoms with E-state index >= 15 is 0 Å². The molecule has 0 radical (unpaired) electrons. The monoisotopic (exact) mass is 267 g/mol. The Morgan fingerprint density at radius 3 is 2.72 bits per heavy atom. The molecule has 0 unspecified atom stereocenters. The van der Waals surface area contributed by atoms with Crippen LogP contribution in [0.5, 0.6) is 0 Å². The van der Waals surface area contributed by atoms with E-state index in [1.165, 1.54) is 18.5 Å². The van der Waals surface area contributed by atoms with Crippen LogP contribution in [-0.4, -0.2) is 33.6 Å². The summed E-state index contributed by atoms with van der Waals surface area (Å²) < 4.78 is 35.3. The fraction of sp³-hybridized carbons (Fsp3) is 0. The second-order valence-corrected chi connectivity index (χ2v) is 4.76. The van der Waals surface area contributed by atoms with Crippen molar-refractivity contribution in [1.82, 2.24) is 25.1 Å². The molecule has 3 aromatic heterocycles. The van der Waals surface area contributed by atoms with E-state index in [2.05, 4.69) is 25.1 Å². The topological polar surface area (TPSA) is 104 Å². The van der Waals surface area contributed by atoms with Crippen LogP contribution >= 0.6 is 0 Å². The first kappa shape index (κ1) is 10.8. The summed E-state index contributed by atoms with van der Waals surface area (Å²) in [5.74, 6) is 0.0543. The summed E-state index contributed by atoms with van der Waals surface area (Å²) in [5, 5.41) is 5.74. The van der Waals surface area contributed by atoms with Crippen LogP contribution in [0.25, 0.3) is 22.6 Å². The van der Waals surface area contributed by atoms with Gasteiger partial charge in [0, 0.05) is 12.4 Å². The number of nitrogens with one attached hydrogen (secondary N) is 2. The highest BCUT2D eigenvalue weighted by Crippen LogP contribution is 2.23. The zero-order valence-corrected chi connectivity index (χ0v) is 9.57. The number of hydrogen-bond donors (Lipinski definition) is 2. The van der Waals surface area contributed by atoms with E-state index in [0.717, 1.165) is 0 Å². The summed E-state index contributed by atoms with van der Waals surface area (Å²) in [5.41, 5.74) is 0.641. The maximum absolute atomic E-state index is 13.2. The van der Waals surface area contributed by atoms with Gasteiger partial charge in [-0.2, -0.15) is 13.5 Å². The molecule has 0 saturated carbocycles. The molecule has 3 heterocycles. The Hall–Kier alpha value is -2.29. The minimum Gasteiger partial charge on any atom is -0.346 e. The Labute approximate surface area is 100 Å². The molecule has 0 fully saturated rings. The van der Waals surface area contributed by atoms with Crippen LogP contribution in [0.3, 0.4) is 0 Å². The first-order valence-corrected chi connectivity index (χ1v) is 6.23. The van der Waals surface area contributed by atoms with Crippen LogP contribution in [0.1, 0.15) is 0 Å². The van der Waals surface area contributed by atoms with Gasteiger partial charge in [-0.15, -0.1) is 0 Å².